The first kappa shape index (κ1) is 18.3. The third-order valence-corrected chi connectivity index (χ3v) is 4.80. The Morgan fingerprint density at radius 1 is 1.11 bits per heavy atom. The van der Waals surface area contributed by atoms with Gasteiger partial charge in [-0.3, -0.25) is 0 Å². The topological polar surface area (TPSA) is 60.9 Å². The molecule has 144 valence electrons. The van der Waals surface area contributed by atoms with Crippen LogP contribution >= 0.6 is 0 Å². The smallest absolute Gasteiger partial charge is 0.342 e. The highest BCUT2D eigenvalue weighted by Crippen LogP contribution is 2.23. The molecule has 6 nitrogen and oxygen atoms in total. The number of benzene rings is 2. The first-order chi connectivity index (χ1) is 13.7. The van der Waals surface area contributed by atoms with Crippen molar-refractivity contribution < 1.29 is 19.0 Å². The third kappa shape index (κ3) is 3.92. The number of methoxy groups -OCH3 is 1. The Morgan fingerprint density at radius 2 is 1.89 bits per heavy atom. The Labute approximate surface area is 163 Å². The second kappa shape index (κ2) is 8.27. The van der Waals surface area contributed by atoms with Gasteiger partial charge in [0.05, 0.1) is 20.3 Å². The van der Waals surface area contributed by atoms with Crippen molar-refractivity contribution in [2.24, 2.45) is 0 Å². The maximum Gasteiger partial charge on any atom is 0.342 e. The molecule has 28 heavy (non-hydrogen) atoms. The summed E-state index contributed by atoms with van der Waals surface area (Å²) in [5.41, 5.74) is 1.41. The summed E-state index contributed by atoms with van der Waals surface area (Å²) >= 11 is 0. The number of carbonyl (C=O) groups is 1. The molecule has 3 aromatic rings. The highest BCUT2D eigenvalue weighted by Gasteiger charge is 2.20. The molecule has 1 aliphatic rings. The average molecular weight is 378 g/mol. The van der Waals surface area contributed by atoms with Gasteiger partial charge in [-0.15, -0.1) is 0 Å². The quantitative estimate of drug-likeness (QED) is 0.634. The summed E-state index contributed by atoms with van der Waals surface area (Å²) in [5.74, 6) is 1.10. The van der Waals surface area contributed by atoms with Gasteiger partial charge >= 0.3 is 5.97 Å². The molecule has 0 atom stereocenters. The van der Waals surface area contributed by atoms with Gasteiger partial charge < -0.3 is 19.1 Å². The van der Waals surface area contributed by atoms with Crippen LogP contribution in [-0.2, 0) is 16.1 Å². The minimum Gasteiger partial charge on any atom is -0.497 e. The van der Waals surface area contributed by atoms with Crippen LogP contribution in [0.3, 0.4) is 0 Å². The molecule has 1 saturated heterocycles. The van der Waals surface area contributed by atoms with E-state index < -0.39 is 0 Å². The second-order valence-corrected chi connectivity index (χ2v) is 6.60. The fraction of sp³-hybridized carbons (Fsp3) is 0.273. The van der Waals surface area contributed by atoms with E-state index in [2.05, 4.69) is 9.88 Å². The summed E-state index contributed by atoms with van der Waals surface area (Å²) in [7, 11) is 1.65. The molecule has 0 amide bonds. The Bertz CT molecular complexity index is 983. The highest BCUT2D eigenvalue weighted by atomic mass is 16.5. The van der Waals surface area contributed by atoms with Crippen LogP contribution in [-0.4, -0.2) is 44.4 Å². The van der Waals surface area contributed by atoms with Gasteiger partial charge in [0.2, 0.25) is 0 Å². The normalized spacial score (nSPS) is 14.1. The molecule has 0 saturated carbocycles. The molecule has 0 aliphatic carbocycles. The van der Waals surface area contributed by atoms with E-state index in [1.165, 1.54) is 0 Å². The Kier molecular flexibility index (Phi) is 5.39. The number of morpholine rings is 1. The predicted octanol–water partition coefficient (Wildman–Crippen LogP) is 3.44. The van der Waals surface area contributed by atoms with Crippen LogP contribution in [0.1, 0.15) is 15.9 Å². The maximum absolute atomic E-state index is 12.7. The fourth-order valence-corrected chi connectivity index (χ4v) is 3.30. The lowest BCUT2D eigenvalue weighted by atomic mass is 10.1. The summed E-state index contributed by atoms with van der Waals surface area (Å²) in [6, 6.07) is 15.4. The van der Waals surface area contributed by atoms with Crippen LogP contribution in [0.5, 0.6) is 5.75 Å². The van der Waals surface area contributed by atoms with E-state index in [0.717, 1.165) is 22.1 Å². The fourth-order valence-electron chi connectivity index (χ4n) is 3.30. The van der Waals surface area contributed by atoms with E-state index in [4.69, 9.17) is 14.2 Å². The van der Waals surface area contributed by atoms with E-state index in [9.17, 15) is 4.79 Å². The second-order valence-electron chi connectivity index (χ2n) is 6.60. The SMILES string of the molecule is COc1ccc2cc(COC(=O)c3cccnc3N3CCOCC3)ccc2c1. The zero-order valence-corrected chi connectivity index (χ0v) is 15.8. The van der Waals surface area contributed by atoms with Gasteiger partial charge in [0.1, 0.15) is 23.7 Å². The number of fused-ring (bicyclic) bond motifs is 1. The number of ether oxygens (including phenoxy) is 3. The first-order valence-corrected chi connectivity index (χ1v) is 9.26. The number of hydrogen-bond acceptors (Lipinski definition) is 6. The molecule has 1 aromatic heterocycles. The van der Waals surface area contributed by atoms with Crippen molar-refractivity contribution in [2.75, 3.05) is 38.3 Å². The van der Waals surface area contributed by atoms with Crippen LogP contribution in [0, 0.1) is 0 Å². The van der Waals surface area contributed by atoms with E-state index in [1.54, 1.807) is 25.4 Å². The molecule has 0 unspecified atom stereocenters. The van der Waals surface area contributed by atoms with E-state index >= 15 is 0 Å². The number of anilines is 1. The van der Waals surface area contributed by atoms with Gasteiger partial charge in [-0.05, 0) is 46.7 Å². The Hall–Kier alpha value is -3.12. The lowest BCUT2D eigenvalue weighted by Gasteiger charge is -2.28. The molecule has 4 rings (SSSR count). The zero-order chi connectivity index (χ0) is 19.3. The summed E-state index contributed by atoms with van der Waals surface area (Å²) < 4.78 is 16.2. The van der Waals surface area contributed by atoms with Crippen molar-refractivity contribution in [3.8, 4) is 5.75 Å². The monoisotopic (exact) mass is 378 g/mol. The number of aromatic nitrogens is 1. The minimum atomic E-state index is -0.371. The largest absolute Gasteiger partial charge is 0.497 e. The molecule has 0 bridgehead atoms. The molecule has 2 aromatic carbocycles. The van der Waals surface area contributed by atoms with Gasteiger partial charge in [0, 0.05) is 19.3 Å². The lowest BCUT2D eigenvalue weighted by Crippen LogP contribution is -2.37. The van der Waals surface area contributed by atoms with Crippen molar-refractivity contribution >= 4 is 22.6 Å². The number of esters is 1. The summed E-state index contributed by atoms with van der Waals surface area (Å²) in [4.78, 5) is 19.1. The van der Waals surface area contributed by atoms with Crippen LogP contribution in [0.2, 0.25) is 0 Å². The van der Waals surface area contributed by atoms with E-state index in [-0.39, 0.29) is 12.6 Å². The van der Waals surface area contributed by atoms with Crippen molar-refractivity contribution in [3.05, 3.63) is 65.9 Å². The molecule has 0 spiro atoms. The Balaban J connectivity index is 1.48. The van der Waals surface area contributed by atoms with Gasteiger partial charge in [-0.2, -0.15) is 0 Å². The van der Waals surface area contributed by atoms with Gasteiger partial charge in [0.25, 0.3) is 0 Å². The van der Waals surface area contributed by atoms with Gasteiger partial charge in [0.15, 0.2) is 0 Å². The molecular formula is C22H22N2O4. The maximum atomic E-state index is 12.7. The van der Waals surface area contributed by atoms with Crippen molar-refractivity contribution in [1.29, 1.82) is 0 Å². The van der Waals surface area contributed by atoms with Crippen LogP contribution < -0.4 is 9.64 Å². The predicted molar refractivity (Wildman–Crippen MR) is 107 cm³/mol. The highest BCUT2D eigenvalue weighted by molar-refractivity contribution is 5.94. The zero-order valence-electron chi connectivity index (χ0n) is 15.8. The lowest BCUT2D eigenvalue weighted by molar-refractivity contribution is 0.0472. The molecule has 0 N–H and O–H groups in total. The van der Waals surface area contributed by atoms with Crippen LogP contribution in [0.25, 0.3) is 10.8 Å². The summed E-state index contributed by atoms with van der Waals surface area (Å²) in [5, 5.41) is 2.15. The van der Waals surface area contributed by atoms with Crippen LogP contribution in [0.15, 0.2) is 54.7 Å². The summed E-state index contributed by atoms with van der Waals surface area (Å²) in [6.45, 7) is 2.90. The molecule has 6 heteroatoms. The molecular weight excluding hydrogens is 356 g/mol. The number of hydrogen-bond donors (Lipinski definition) is 0. The molecule has 1 aliphatic heterocycles. The van der Waals surface area contributed by atoms with Crippen molar-refractivity contribution in [1.82, 2.24) is 4.98 Å². The molecule has 0 radical (unpaired) electrons. The standard InChI is InChI=1S/C22H22N2O4/c1-26-19-7-6-17-13-16(4-5-18(17)14-19)15-28-22(25)20-3-2-8-23-21(20)24-9-11-27-12-10-24/h2-8,13-14H,9-12,15H2,1H3. The van der Waals surface area contributed by atoms with Crippen molar-refractivity contribution in [2.45, 2.75) is 6.61 Å². The van der Waals surface area contributed by atoms with E-state index in [1.807, 2.05) is 36.4 Å². The summed E-state index contributed by atoms with van der Waals surface area (Å²) in [6.07, 6.45) is 1.69. The first-order valence-electron chi connectivity index (χ1n) is 9.26. The Morgan fingerprint density at radius 3 is 2.71 bits per heavy atom. The molecule has 2 heterocycles. The van der Waals surface area contributed by atoms with Gasteiger partial charge in [-0.1, -0.05) is 18.2 Å². The molecule has 1 fully saturated rings. The minimum absolute atomic E-state index is 0.207. The number of carbonyl (C=O) groups excluding carboxylic acids is 1. The number of nitrogens with zero attached hydrogens (tertiary/aromatic N) is 2. The van der Waals surface area contributed by atoms with Crippen molar-refractivity contribution in [3.63, 3.8) is 0 Å². The van der Waals surface area contributed by atoms with Gasteiger partial charge in [-0.25, -0.2) is 9.78 Å². The third-order valence-electron chi connectivity index (χ3n) is 4.80. The van der Waals surface area contributed by atoms with Crippen LogP contribution in [0.4, 0.5) is 5.82 Å². The number of pyridine rings is 1. The van der Waals surface area contributed by atoms with E-state index in [0.29, 0.717) is 37.7 Å². The average Bonchev–Trinajstić information content (AvgIpc) is 2.77. The number of rotatable bonds is 5.